The fourth-order valence-electron chi connectivity index (χ4n) is 3.99. The van der Waals surface area contributed by atoms with Crippen LogP contribution in [0.5, 0.6) is 0 Å². The van der Waals surface area contributed by atoms with Crippen LogP contribution in [0.1, 0.15) is 63.9 Å². The largest absolute Gasteiger partial charge is 0.463 e. The lowest BCUT2D eigenvalue weighted by molar-refractivity contribution is 0.0474. The number of rotatable bonds is 4. The van der Waals surface area contributed by atoms with Crippen LogP contribution in [-0.4, -0.2) is 56.4 Å². The van der Waals surface area contributed by atoms with E-state index < -0.39 is 11.7 Å². The number of pyridine rings is 1. The van der Waals surface area contributed by atoms with Gasteiger partial charge in [0.2, 0.25) is 0 Å². The van der Waals surface area contributed by atoms with Crippen LogP contribution in [0.25, 0.3) is 22.5 Å². The van der Waals surface area contributed by atoms with Crippen LogP contribution in [0.2, 0.25) is 0 Å². The van der Waals surface area contributed by atoms with Gasteiger partial charge in [-0.2, -0.15) is 5.10 Å². The quantitative estimate of drug-likeness (QED) is 0.628. The van der Waals surface area contributed by atoms with Crippen LogP contribution < -0.4 is 5.32 Å². The number of hydrogen-bond acceptors (Lipinski definition) is 6. The first-order valence-corrected chi connectivity index (χ1v) is 11.3. The second-order valence-electron chi connectivity index (χ2n) is 9.67. The van der Waals surface area contributed by atoms with Crippen molar-refractivity contribution in [3.63, 3.8) is 0 Å². The third kappa shape index (κ3) is 5.02. The molecule has 33 heavy (non-hydrogen) atoms. The number of ether oxygens (including phenoxy) is 1. The van der Waals surface area contributed by atoms with E-state index in [9.17, 15) is 9.59 Å². The van der Waals surface area contributed by atoms with Crippen LogP contribution >= 0.6 is 0 Å². The standard InChI is InChI=1S/C24H31N5O4/c1-15(2)29-21-18(14-25-29)17(13-19(27-21)20-7-6-12-32-20)22(30)28-10-8-16(9-11-28)26-23(31)33-24(3,4)5/h6-7,12-16H,8-11H2,1-5H3,(H,26,31). The Hall–Kier alpha value is -3.36. The Labute approximate surface area is 193 Å². The van der Waals surface area contributed by atoms with Crippen molar-refractivity contribution >= 4 is 23.0 Å². The minimum Gasteiger partial charge on any atom is -0.463 e. The summed E-state index contributed by atoms with van der Waals surface area (Å²) in [7, 11) is 0. The Morgan fingerprint density at radius 2 is 1.97 bits per heavy atom. The first kappa shape index (κ1) is 22.8. The van der Waals surface area contributed by atoms with Crippen molar-refractivity contribution in [2.45, 2.75) is 65.1 Å². The predicted molar refractivity (Wildman–Crippen MR) is 124 cm³/mol. The molecule has 9 heteroatoms. The summed E-state index contributed by atoms with van der Waals surface area (Å²) in [6.45, 7) is 10.6. The van der Waals surface area contributed by atoms with Gasteiger partial charge in [0, 0.05) is 25.2 Å². The number of piperidine rings is 1. The van der Waals surface area contributed by atoms with Crippen LogP contribution in [0.15, 0.2) is 35.1 Å². The van der Waals surface area contributed by atoms with Gasteiger partial charge in [0.15, 0.2) is 11.4 Å². The van der Waals surface area contributed by atoms with Crippen LogP contribution in [0.3, 0.4) is 0 Å². The third-order valence-electron chi connectivity index (χ3n) is 5.56. The van der Waals surface area contributed by atoms with Crippen molar-refractivity contribution in [3.05, 3.63) is 36.2 Å². The zero-order valence-electron chi connectivity index (χ0n) is 19.8. The number of fused-ring (bicyclic) bond motifs is 1. The van der Waals surface area contributed by atoms with Gasteiger partial charge in [0.05, 0.1) is 23.4 Å². The normalized spacial score (nSPS) is 15.3. The Balaban J connectivity index is 1.54. The zero-order valence-corrected chi connectivity index (χ0v) is 19.8. The van der Waals surface area contributed by atoms with E-state index in [1.165, 1.54) is 0 Å². The fourth-order valence-corrected chi connectivity index (χ4v) is 3.99. The van der Waals surface area contributed by atoms with Gasteiger partial charge in [0.25, 0.3) is 5.91 Å². The number of carbonyl (C=O) groups excluding carboxylic acids is 2. The molecule has 1 aliphatic rings. The molecule has 1 aliphatic heterocycles. The molecular weight excluding hydrogens is 422 g/mol. The molecule has 2 amide bonds. The Kier molecular flexibility index (Phi) is 6.14. The van der Waals surface area contributed by atoms with Crippen molar-refractivity contribution in [1.29, 1.82) is 0 Å². The second-order valence-corrected chi connectivity index (χ2v) is 9.67. The van der Waals surface area contributed by atoms with Gasteiger partial charge in [-0.1, -0.05) is 0 Å². The van der Waals surface area contributed by atoms with Crippen LogP contribution in [-0.2, 0) is 4.74 Å². The average molecular weight is 454 g/mol. The average Bonchev–Trinajstić information content (AvgIpc) is 3.41. The molecule has 0 aliphatic carbocycles. The van der Waals surface area contributed by atoms with E-state index in [-0.39, 0.29) is 18.0 Å². The molecule has 1 saturated heterocycles. The molecule has 0 unspecified atom stereocenters. The summed E-state index contributed by atoms with van der Waals surface area (Å²) in [5, 5.41) is 8.10. The number of carbonyl (C=O) groups is 2. The summed E-state index contributed by atoms with van der Waals surface area (Å²) in [4.78, 5) is 32.2. The second kappa shape index (κ2) is 8.88. The number of aromatic nitrogens is 3. The summed E-state index contributed by atoms with van der Waals surface area (Å²) < 4.78 is 12.7. The molecular formula is C24H31N5O4. The molecule has 0 aromatic carbocycles. The van der Waals surface area contributed by atoms with E-state index in [2.05, 4.69) is 10.4 Å². The predicted octanol–water partition coefficient (Wildman–Crippen LogP) is 4.40. The highest BCUT2D eigenvalue weighted by Gasteiger charge is 2.28. The number of nitrogens with zero attached hydrogens (tertiary/aromatic N) is 4. The molecule has 0 spiro atoms. The topological polar surface area (TPSA) is 102 Å². The third-order valence-corrected chi connectivity index (χ3v) is 5.56. The first-order valence-electron chi connectivity index (χ1n) is 11.3. The summed E-state index contributed by atoms with van der Waals surface area (Å²) in [5.41, 5.74) is 1.26. The number of furan rings is 1. The number of nitrogens with one attached hydrogen (secondary N) is 1. The highest BCUT2D eigenvalue weighted by Crippen LogP contribution is 2.28. The Bertz CT molecular complexity index is 1140. The van der Waals surface area contributed by atoms with E-state index in [4.69, 9.17) is 14.1 Å². The van der Waals surface area contributed by atoms with Crippen molar-refractivity contribution in [2.24, 2.45) is 0 Å². The number of likely N-dealkylation sites (tertiary alicyclic amines) is 1. The fraction of sp³-hybridized carbons (Fsp3) is 0.500. The molecule has 0 radical (unpaired) electrons. The van der Waals surface area contributed by atoms with Gasteiger partial charge in [-0.3, -0.25) is 4.79 Å². The molecule has 4 heterocycles. The van der Waals surface area contributed by atoms with E-state index in [0.717, 1.165) is 5.39 Å². The first-order chi connectivity index (χ1) is 15.6. The lowest BCUT2D eigenvalue weighted by Gasteiger charge is -2.33. The highest BCUT2D eigenvalue weighted by atomic mass is 16.6. The van der Waals surface area contributed by atoms with E-state index in [1.807, 2.05) is 50.3 Å². The number of hydrogen-bond donors (Lipinski definition) is 1. The maximum absolute atomic E-state index is 13.5. The summed E-state index contributed by atoms with van der Waals surface area (Å²) >= 11 is 0. The van der Waals surface area contributed by atoms with Crippen molar-refractivity contribution in [1.82, 2.24) is 25.0 Å². The lowest BCUT2D eigenvalue weighted by atomic mass is 10.0. The lowest BCUT2D eigenvalue weighted by Crippen LogP contribution is -2.47. The molecule has 4 rings (SSSR count). The number of amides is 2. The molecule has 3 aromatic heterocycles. The van der Waals surface area contributed by atoms with Gasteiger partial charge in [0.1, 0.15) is 11.3 Å². The molecule has 0 bridgehead atoms. The summed E-state index contributed by atoms with van der Waals surface area (Å²) in [6, 6.07) is 5.47. The van der Waals surface area contributed by atoms with Gasteiger partial charge < -0.3 is 19.4 Å². The molecule has 1 fully saturated rings. The highest BCUT2D eigenvalue weighted by molar-refractivity contribution is 6.06. The van der Waals surface area contributed by atoms with Gasteiger partial charge in [-0.15, -0.1) is 0 Å². The maximum atomic E-state index is 13.5. The minimum absolute atomic E-state index is 0.0243. The minimum atomic E-state index is -0.542. The van der Waals surface area contributed by atoms with E-state index >= 15 is 0 Å². The smallest absolute Gasteiger partial charge is 0.407 e. The Morgan fingerprint density at radius 1 is 1.24 bits per heavy atom. The molecule has 1 N–H and O–H groups in total. The molecule has 0 atom stereocenters. The molecule has 9 nitrogen and oxygen atoms in total. The zero-order chi connectivity index (χ0) is 23.8. The molecule has 0 saturated carbocycles. The van der Waals surface area contributed by atoms with Gasteiger partial charge >= 0.3 is 6.09 Å². The van der Waals surface area contributed by atoms with E-state index in [1.54, 1.807) is 24.6 Å². The van der Waals surface area contributed by atoms with Crippen molar-refractivity contribution in [2.75, 3.05) is 13.1 Å². The van der Waals surface area contributed by atoms with Crippen LogP contribution in [0.4, 0.5) is 4.79 Å². The summed E-state index contributed by atoms with van der Waals surface area (Å²) in [5.74, 6) is 0.525. The number of alkyl carbamates (subject to hydrolysis) is 1. The summed E-state index contributed by atoms with van der Waals surface area (Å²) in [6.07, 6.45) is 4.20. The van der Waals surface area contributed by atoms with E-state index in [0.29, 0.717) is 48.6 Å². The van der Waals surface area contributed by atoms with Gasteiger partial charge in [-0.05, 0) is 65.7 Å². The maximum Gasteiger partial charge on any atom is 0.407 e. The molecule has 176 valence electrons. The van der Waals surface area contributed by atoms with Crippen molar-refractivity contribution in [3.8, 4) is 11.5 Å². The Morgan fingerprint density at radius 3 is 2.58 bits per heavy atom. The molecule has 3 aromatic rings. The van der Waals surface area contributed by atoms with Gasteiger partial charge in [-0.25, -0.2) is 14.5 Å². The van der Waals surface area contributed by atoms with Crippen molar-refractivity contribution < 1.29 is 18.7 Å². The van der Waals surface area contributed by atoms with Crippen LogP contribution in [0, 0.1) is 0 Å². The monoisotopic (exact) mass is 453 g/mol. The SMILES string of the molecule is CC(C)n1ncc2c(C(=O)N3CCC(NC(=O)OC(C)(C)C)CC3)cc(-c3ccco3)nc21.